The summed E-state index contributed by atoms with van der Waals surface area (Å²) in [4.78, 5) is 0. The van der Waals surface area contributed by atoms with E-state index in [1.807, 2.05) is 0 Å². The lowest BCUT2D eigenvalue weighted by atomic mass is 9.76. The van der Waals surface area contributed by atoms with Crippen LogP contribution in [0.25, 0.3) is 0 Å². The fourth-order valence-corrected chi connectivity index (χ4v) is 3.36. The molecule has 0 aliphatic carbocycles. The maximum atomic E-state index is 3.76. The van der Waals surface area contributed by atoms with Crippen molar-refractivity contribution in [3.05, 3.63) is 0 Å². The maximum Gasteiger partial charge on any atom is 0.0312 e. The van der Waals surface area contributed by atoms with Crippen LogP contribution in [0.15, 0.2) is 0 Å². The van der Waals surface area contributed by atoms with Gasteiger partial charge in [-0.25, -0.2) is 0 Å². The summed E-state index contributed by atoms with van der Waals surface area (Å²) in [6.07, 6.45) is 21.3. The zero-order valence-electron chi connectivity index (χ0n) is 16.8. The molecule has 0 aromatic rings. The van der Waals surface area contributed by atoms with Crippen molar-refractivity contribution in [2.75, 3.05) is 0 Å². The zero-order chi connectivity index (χ0) is 17.2. The third kappa shape index (κ3) is 12.6. The number of hydrogen-bond donors (Lipinski definition) is 0. The van der Waals surface area contributed by atoms with Gasteiger partial charge in [0.1, 0.15) is 0 Å². The Morgan fingerprint density at radius 1 is 0.565 bits per heavy atom. The van der Waals surface area contributed by atoms with Gasteiger partial charge in [-0.1, -0.05) is 104 Å². The molecular formula is C23H44. The highest BCUT2D eigenvalue weighted by atomic mass is 14.3. The minimum absolute atomic E-state index is 0.326. The van der Waals surface area contributed by atoms with Gasteiger partial charge in [0.05, 0.1) is 0 Å². The molecule has 0 aromatic heterocycles. The number of unbranched alkanes of at least 4 members (excludes halogenated alkanes) is 10. The summed E-state index contributed by atoms with van der Waals surface area (Å²) < 4.78 is 0. The molecule has 0 radical (unpaired) electrons. The predicted molar refractivity (Wildman–Crippen MR) is 107 cm³/mol. The van der Waals surface area contributed by atoms with Crippen molar-refractivity contribution >= 4 is 0 Å². The van der Waals surface area contributed by atoms with Crippen LogP contribution in [0.3, 0.4) is 0 Å². The largest absolute Gasteiger partial charge is 0.103 e. The van der Waals surface area contributed by atoms with Crippen molar-refractivity contribution in [1.82, 2.24) is 0 Å². The lowest BCUT2D eigenvalue weighted by Crippen LogP contribution is -2.18. The summed E-state index contributed by atoms with van der Waals surface area (Å²) in [6, 6.07) is 0. The van der Waals surface area contributed by atoms with Crippen LogP contribution in [0.4, 0.5) is 0 Å². The van der Waals surface area contributed by atoms with Crippen molar-refractivity contribution in [3.63, 3.8) is 0 Å². The van der Waals surface area contributed by atoms with E-state index in [0.717, 1.165) is 6.42 Å². The first-order chi connectivity index (χ1) is 11.2. The molecule has 0 aliphatic heterocycles. The lowest BCUT2D eigenvalue weighted by Gasteiger charge is -2.27. The summed E-state index contributed by atoms with van der Waals surface area (Å²) >= 11 is 0. The van der Waals surface area contributed by atoms with Crippen LogP contribution >= 0.6 is 0 Å². The van der Waals surface area contributed by atoms with E-state index in [1.54, 1.807) is 0 Å². The van der Waals surface area contributed by atoms with E-state index in [9.17, 15) is 0 Å². The molecule has 0 heterocycles. The van der Waals surface area contributed by atoms with Crippen molar-refractivity contribution < 1.29 is 0 Å². The minimum atomic E-state index is 0.326. The molecule has 0 nitrogen and oxygen atoms in total. The van der Waals surface area contributed by atoms with Crippen LogP contribution < -0.4 is 0 Å². The summed E-state index contributed by atoms with van der Waals surface area (Å²) in [5.41, 5.74) is 0.326. The molecule has 0 N–H and O–H groups in total. The Hall–Kier alpha value is -0.440. The molecule has 0 saturated heterocycles. The zero-order valence-corrected chi connectivity index (χ0v) is 16.8. The van der Waals surface area contributed by atoms with E-state index in [-0.39, 0.29) is 0 Å². The third-order valence-corrected chi connectivity index (χ3v) is 5.20. The van der Waals surface area contributed by atoms with Gasteiger partial charge in [0, 0.05) is 11.8 Å². The van der Waals surface area contributed by atoms with Crippen LogP contribution in [0.5, 0.6) is 0 Å². The van der Waals surface area contributed by atoms with E-state index in [4.69, 9.17) is 0 Å². The first-order valence-electron chi connectivity index (χ1n) is 10.7. The van der Waals surface area contributed by atoms with E-state index in [0.29, 0.717) is 5.41 Å². The summed E-state index contributed by atoms with van der Waals surface area (Å²) in [7, 11) is 0. The lowest BCUT2D eigenvalue weighted by molar-refractivity contribution is 0.300. The van der Waals surface area contributed by atoms with E-state index in [1.165, 1.54) is 96.3 Å². The van der Waals surface area contributed by atoms with Gasteiger partial charge in [-0.3, -0.25) is 0 Å². The second-order valence-corrected chi connectivity index (χ2v) is 7.37. The van der Waals surface area contributed by atoms with Gasteiger partial charge >= 0.3 is 0 Å². The number of hydrogen-bond acceptors (Lipinski definition) is 0. The quantitative estimate of drug-likeness (QED) is 0.210. The highest BCUT2D eigenvalue weighted by Gasteiger charge is 2.24. The first kappa shape index (κ1) is 22.6. The minimum Gasteiger partial charge on any atom is -0.103 e. The van der Waals surface area contributed by atoms with Crippen LogP contribution in [0, 0.1) is 17.3 Å². The second-order valence-electron chi connectivity index (χ2n) is 7.37. The summed E-state index contributed by atoms with van der Waals surface area (Å²) in [6.45, 7) is 9.24. The molecule has 0 saturated carbocycles. The first-order valence-corrected chi connectivity index (χ1v) is 10.7. The van der Waals surface area contributed by atoms with Crippen molar-refractivity contribution in [1.29, 1.82) is 0 Å². The molecule has 136 valence electrons. The van der Waals surface area contributed by atoms with Gasteiger partial charge in [0.2, 0.25) is 0 Å². The molecule has 0 atom stereocenters. The highest BCUT2D eigenvalue weighted by molar-refractivity contribution is 5.11. The number of rotatable bonds is 15. The Bertz CT molecular complexity index is 279. The van der Waals surface area contributed by atoms with Gasteiger partial charge in [0.25, 0.3) is 0 Å². The average Bonchev–Trinajstić information content (AvgIpc) is 2.58. The smallest absolute Gasteiger partial charge is 0.0312 e. The molecule has 23 heavy (non-hydrogen) atoms. The molecular weight excluding hydrogens is 276 g/mol. The van der Waals surface area contributed by atoms with Crippen molar-refractivity contribution in [2.45, 2.75) is 130 Å². The van der Waals surface area contributed by atoms with E-state index in [2.05, 4.69) is 39.5 Å². The molecule has 0 bridgehead atoms. The second kappa shape index (κ2) is 16.4. The summed E-state index contributed by atoms with van der Waals surface area (Å²) in [5.74, 6) is 7.33. The summed E-state index contributed by atoms with van der Waals surface area (Å²) in [5, 5.41) is 0. The molecule has 0 aliphatic rings. The Kier molecular flexibility index (Phi) is 16.1. The topological polar surface area (TPSA) is 0 Å². The fourth-order valence-electron chi connectivity index (χ4n) is 3.36. The van der Waals surface area contributed by atoms with Crippen LogP contribution in [0.1, 0.15) is 130 Å². The van der Waals surface area contributed by atoms with Crippen molar-refractivity contribution in [3.8, 4) is 11.8 Å². The average molecular weight is 321 g/mol. The molecule has 0 spiro atoms. The molecule has 0 unspecified atom stereocenters. The molecule has 0 rings (SSSR count). The van der Waals surface area contributed by atoms with E-state index >= 15 is 0 Å². The third-order valence-electron chi connectivity index (χ3n) is 5.20. The highest BCUT2D eigenvalue weighted by Crippen LogP contribution is 2.34. The van der Waals surface area contributed by atoms with Crippen molar-refractivity contribution in [2.24, 2.45) is 5.41 Å². The maximum absolute atomic E-state index is 3.76. The van der Waals surface area contributed by atoms with E-state index < -0.39 is 0 Å². The Labute approximate surface area is 148 Å². The van der Waals surface area contributed by atoms with Crippen LogP contribution in [0.2, 0.25) is 0 Å². The molecule has 0 aromatic carbocycles. The fraction of sp³-hybridized carbons (Fsp3) is 0.913. The van der Waals surface area contributed by atoms with Crippen LogP contribution in [-0.4, -0.2) is 0 Å². The Morgan fingerprint density at radius 3 is 1.48 bits per heavy atom. The Morgan fingerprint density at radius 2 is 1.04 bits per heavy atom. The predicted octanol–water partition coefficient (Wildman–Crippen LogP) is 8.30. The molecule has 0 fully saturated rings. The standard InChI is InChI=1S/C23H44/c1-5-9-12-15-16-19-22-23(8-4,20-17-13-10-6-2)21-18-14-11-7-3/h5-18,20-21H2,1-4H3. The Balaban J connectivity index is 4.44. The van der Waals surface area contributed by atoms with Gasteiger partial charge in [-0.05, 0) is 25.7 Å². The SMILES string of the molecule is CCCCCCC#CC(CC)(CCCCCC)CCCCCC. The van der Waals surface area contributed by atoms with Gasteiger partial charge < -0.3 is 0 Å². The van der Waals surface area contributed by atoms with Crippen LogP contribution in [-0.2, 0) is 0 Å². The van der Waals surface area contributed by atoms with Gasteiger partial charge in [-0.2, -0.15) is 0 Å². The van der Waals surface area contributed by atoms with Gasteiger partial charge in [-0.15, -0.1) is 5.92 Å². The van der Waals surface area contributed by atoms with Gasteiger partial charge in [0.15, 0.2) is 0 Å². The molecule has 0 heteroatoms. The monoisotopic (exact) mass is 320 g/mol. The normalized spacial score (nSPS) is 11.3. The molecule has 0 amide bonds.